The van der Waals surface area contributed by atoms with Gasteiger partial charge in [-0.2, -0.15) is 0 Å². The van der Waals surface area contributed by atoms with Gasteiger partial charge in [0.25, 0.3) is 0 Å². The van der Waals surface area contributed by atoms with Gasteiger partial charge < -0.3 is 10.6 Å². The first-order valence-electron chi connectivity index (χ1n) is 7.89. The molecule has 2 atom stereocenters. The lowest BCUT2D eigenvalue weighted by molar-refractivity contribution is 0.459. The molecule has 1 saturated heterocycles. The van der Waals surface area contributed by atoms with Crippen LogP contribution in [0, 0.1) is 5.92 Å². The number of nitrogens with two attached hydrogens (primary N) is 1. The molecular formula is C17H27BrN2. The van der Waals surface area contributed by atoms with Gasteiger partial charge in [0.2, 0.25) is 0 Å². The molecule has 0 bridgehead atoms. The van der Waals surface area contributed by atoms with Gasteiger partial charge in [-0.3, -0.25) is 0 Å². The van der Waals surface area contributed by atoms with E-state index in [1.54, 1.807) is 0 Å². The number of hydrogen-bond donors (Lipinski definition) is 1. The second-order valence-corrected chi connectivity index (χ2v) is 7.01. The van der Waals surface area contributed by atoms with Gasteiger partial charge in [0.15, 0.2) is 0 Å². The number of benzene rings is 1. The van der Waals surface area contributed by atoms with Crippen molar-refractivity contribution in [2.75, 3.05) is 18.0 Å². The molecule has 2 rings (SSSR count). The van der Waals surface area contributed by atoms with Gasteiger partial charge in [-0.1, -0.05) is 19.4 Å². The summed E-state index contributed by atoms with van der Waals surface area (Å²) in [5.41, 5.74) is 8.54. The van der Waals surface area contributed by atoms with Gasteiger partial charge in [-0.25, -0.2) is 0 Å². The van der Waals surface area contributed by atoms with Crippen LogP contribution in [0.1, 0.15) is 45.1 Å². The van der Waals surface area contributed by atoms with Crippen molar-refractivity contribution in [1.29, 1.82) is 0 Å². The minimum absolute atomic E-state index is 0.219. The summed E-state index contributed by atoms with van der Waals surface area (Å²) in [7, 11) is 0. The Morgan fingerprint density at radius 1 is 1.35 bits per heavy atom. The lowest BCUT2D eigenvalue weighted by atomic mass is 9.98. The lowest BCUT2D eigenvalue weighted by Gasteiger charge is -2.24. The molecule has 0 amide bonds. The standard InChI is InChI=1S/C17H27BrN2/c1-3-14-5-4-9-20(10-8-14)17-7-6-15(11-13(2)19)12-16(17)18/h6-7,12-14H,3-5,8-11,19H2,1-2H3. The van der Waals surface area contributed by atoms with E-state index in [1.807, 2.05) is 0 Å². The van der Waals surface area contributed by atoms with Gasteiger partial charge in [0.1, 0.15) is 0 Å². The van der Waals surface area contributed by atoms with E-state index in [0.717, 1.165) is 12.3 Å². The second-order valence-electron chi connectivity index (χ2n) is 6.16. The van der Waals surface area contributed by atoms with Crippen LogP contribution in [0.15, 0.2) is 22.7 Å². The molecule has 112 valence electrons. The Hall–Kier alpha value is -0.540. The van der Waals surface area contributed by atoms with Gasteiger partial charge in [0.05, 0.1) is 5.69 Å². The molecule has 1 aromatic carbocycles. The van der Waals surface area contributed by atoms with Crippen molar-refractivity contribution in [3.05, 3.63) is 28.2 Å². The second kappa shape index (κ2) is 7.46. The molecule has 0 saturated carbocycles. The van der Waals surface area contributed by atoms with Crippen molar-refractivity contribution < 1.29 is 0 Å². The Morgan fingerprint density at radius 2 is 2.15 bits per heavy atom. The molecule has 0 radical (unpaired) electrons. The van der Waals surface area contributed by atoms with E-state index in [0.29, 0.717) is 0 Å². The first kappa shape index (κ1) is 15.8. The van der Waals surface area contributed by atoms with Crippen LogP contribution in [0.5, 0.6) is 0 Å². The fourth-order valence-corrected chi connectivity index (χ4v) is 3.80. The van der Waals surface area contributed by atoms with Crippen LogP contribution >= 0.6 is 15.9 Å². The SMILES string of the molecule is CCC1CCCN(c2ccc(CC(C)N)cc2Br)CC1. The fraction of sp³-hybridized carbons (Fsp3) is 0.647. The van der Waals surface area contributed by atoms with Crippen LogP contribution in [0.4, 0.5) is 5.69 Å². The fourth-order valence-electron chi connectivity index (χ4n) is 3.12. The Morgan fingerprint density at radius 3 is 2.80 bits per heavy atom. The predicted molar refractivity (Wildman–Crippen MR) is 91.3 cm³/mol. The Labute approximate surface area is 131 Å². The van der Waals surface area contributed by atoms with E-state index in [9.17, 15) is 0 Å². The van der Waals surface area contributed by atoms with Crippen LogP contribution in [0.2, 0.25) is 0 Å². The van der Waals surface area contributed by atoms with Crippen molar-refractivity contribution >= 4 is 21.6 Å². The molecule has 0 spiro atoms. The predicted octanol–water partition coefficient (Wildman–Crippen LogP) is 4.36. The molecule has 20 heavy (non-hydrogen) atoms. The van der Waals surface area contributed by atoms with Crippen LogP contribution in [-0.2, 0) is 6.42 Å². The highest BCUT2D eigenvalue weighted by molar-refractivity contribution is 9.10. The normalized spacial score (nSPS) is 21.6. The zero-order valence-electron chi connectivity index (χ0n) is 12.7. The third-order valence-electron chi connectivity index (χ3n) is 4.34. The van der Waals surface area contributed by atoms with E-state index >= 15 is 0 Å². The van der Waals surface area contributed by atoms with Crippen LogP contribution in [-0.4, -0.2) is 19.1 Å². The summed E-state index contributed by atoms with van der Waals surface area (Å²) < 4.78 is 1.21. The molecule has 2 nitrogen and oxygen atoms in total. The maximum absolute atomic E-state index is 5.88. The molecule has 1 fully saturated rings. The molecule has 1 heterocycles. The summed E-state index contributed by atoms with van der Waals surface area (Å²) in [6.45, 7) is 6.74. The Balaban J connectivity index is 2.08. The zero-order chi connectivity index (χ0) is 14.5. The molecule has 2 N–H and O–H groups in total. The average molecular weight is 339 g/mol. The summed E-state index contributed by atoms with van der Waals surface area (Å²) in [6.07, 6.45) is 6.28. The maximum atomic E-state index is 5.88. The highest BCUT2D eigenvalue weighted by Crippen LogP contribution is 2.31. The van der Waals surface area contributed by atoms with Crippen molar-refractivity contribution in [2.45, 2.75) is 52.0 Å². The smallest absolute Gasteiger partial charge is 0.0510 e. The summed E-state index contributed by atoms with van der Waals surface area (Å²) in [5.74, 6) is 0.913. The summed E-state index contributed by atoms with van der Waals surface area (Å²) in [5, 5.41) is 0. The van der Waals surface area contributed by atoms with E-state index in [-0.39, 0.29) is 6.04 Å². The lowest BCUT2D eigenvalue weighted by Crippen LogP contribution is -2.24. The minimum atomic E-state index is 0.219. The molecule has 1 aliphatic rings. The van der Waals surface area contributed by atoms with E-state index in [2.05, 4.69) is 52.9 Å². The molecule has 2 unspecified atom stereocenters. The van der Waals surface area contributed by atoms with Crippen molar-refractivity contribution in [3.63, 3.8) is 0 Å². The van der Waals surface area contributed by atoms with Gasteiger partial charge in [-0.15, -0.1) is 0 Å². The summed E-state index contributed by atoms with van der Waals surface area (Å²) in [4.78, 5) is 2.54. The molecular weight excluding hydrogens is 312 g/mol. The van der Waals surface area contributed by atoms with Gasteiger partial charge in [0, 0.05) is 23.6 Å². The summed E-state index contributed by atoms with van der Waals surface area (Å²) in [6, 6.07) is 6.94. The van der Waals surface area contributed by atoms with E-state index < -0.39 is 0 Å². The molecule has 0 aliphatic carbocycles. The highest BCUT2D eigenvalue weighted by Gasteiger charge is 2.17. The van der Waals surface area contributed by atoms with Gasteiger partial charge >= 0.3 is 0 Å². The monoisotopic (exact) mass is 338 g/mol. The Bertz CT molecular complexity index is 431. The minimum Gasteiger partial charge on any atom is -0.371 e. The van der Waals surface area contributed by atoms with E-state index in [4.69, 9.17) is 5.73 Å². The number of hydrogen-bond acceptors (Lipinski definition) is 2. The van der Waals surface area contributed by atoms with Crippen LogP contribution < -0.4 is 10.6 Å². The summed E-state index contributed by atoms with van der Waals surface area (Å²) >= 11 is 3.75. The highest BCUT2D eigenvalue weighted by atomic mass is 79.9. The Kier molecular flexibility index (Phi) is 5.91. The number of rotatable bonds is 4. The number of nitrogens with zero attached hydrogens (tertiary/aromatic N) is 1. The molecule has 0 aromatic heterocycles. The third-order valence-corrected chi connectivity index (χ3v) is 4.97. The maximum Gasteiger partial charge on any atom is 0.0510 e. The van der Waals surface area contributed by atoms with Crippen LogP contribution in [0.3, 0.4) is 0 Å². The molecule has 1 aromatic rings. The first-order chi connectivity index (χ1) is 9.60. The zero-order valence-corrected chi connectivity index (χ0v) is 14.3. The topological polar surface area (TPSA) is 29.3 Å². The van der Waals surface area contributed by atoms with Gasteiger partial charge in [-0.05, 0) is 72.2 Å². The van der Waals surface area contributed by atoms with Crippen molar-refractivity contribution in [3.8, 4) is 0 Å². The largest absolute Gasteiger partial charge is 0.371 e. The van der Waals surface area contributed by atoms with E-state index in [1.165, 1.54) is 54.5 Å². The quantitative estimate of drug-likeness (QED) is 0.883. The number of halogens is 1. The van der Waals surface area contributed by atoms with Crippen molar-refractivity contribution in [2.24, 2.45) is 11.7 Å². The average Bonchev–Trinajstić information content (AvgIpc) is 2.63. The van der Waals surface area contributed by atoms with Crippen LogP contribution in [0.25, 0.3) is 0 Å². The molecule has 3 heteroatoms. The number of anilines is 1. The molecule has 1 aliphatic heterocycles. The van der Waals surface area contributed by atoms with Crippen molar-refractivity contribution in [1.82, 2.24) is 0 Å². The first-order valence-corrected chi connectivity index (χ1v) is 8.68. The third kappa shape index (κ3) is 4.23.